The van der Waals surface area contributed by atoms with Gasteiger partial charge >= 0.3 is 6.72 Å². The van der Waals surface area contributed by atoms with Crippen molar-refractivity contribution in [3.8, 4) is 11.8 Å². The highest BCUT2D eigenvalue weighted by molar-refractivity contribution is 8.06. The van der Waals surface area contributed by atoms with Gasteiger partial charge in [-0.2, -0.15) is 5.26 Å². The third-order valence-electron chi connectivity index (χ3n) is 1.19. The molecule has 0 aliphatic carbocycles. The predicted molar refractivity (Wildman–Crippen MR) is 50.5 cm³/mol. The van der Waals surface area contributed by atoms with Gasteiger partial charge in [-0.15, -0.1) is 0 Å². The molecule has 1 aromatic rings. The Balaban J connectivity index is 2.92. The zero-order chi connectivity index (χ0) is 9.90. The Morgan fingerprint density at radius 2 is 2.15 bits per heavy atom. The van der Waals surface area contributed by atoms with Crippen molar-refractivity contribution < 1.29 is 14.3 Å². The number of nitrogens with zero attached hydrogens (tertiary/aromatic N) is 1. The van der Waals surface area contributed by atoms with E-state index in [4.69, 9.17) is 15.0 Å². The first-order chi connectivity index (χ1) is 6.01. The molecule has 6 heteroatoms. The van der Waals surface area contributed by atoms with Crippen LogP contribution in [-0.4, -0.2) is 9.79 Å². The molecule has 0 fully saturated rings. The largest absolute Gasteiger partial charge is 0.424 e. The van der Waals surface area contributed by atoms with Crippen molar-refractivity contribution in [2.75, 3.05) is 0 Å². The lowest BCUT2D eigenvalue weighted by molar-refractivity contribution is 0.370. The topological polar surface area (TPSA) is 73.5 Å². The lowest BCUT2D eigenvalue weighted by Crippen LogP contribution is -1.89. The average Bonchev–Trinajstić information content (AvgIpc) is 2.01. The molecule has 0 unspecified atom stereocenters. The van der Waals surface area contributed by atoms with Gasteiger partial charge in [0.05, 0.1) is 11.6 Å². The standard InChI is InChI=1S/C7H6NO3PS/c8-5-6-2-1-3-7(4-6)11-12(9,10)13/h1-4H,(H2,9,10,13). The Bertz CT molecular complexity index is 395. The molecule has 1 rings (SSSR count). The zero-order valence-corrected chi connectivity index (χ0v) is 8.13. The second kappa shape index (κ2) is 3.86. The van der Waals surface area contributed by atoms with Gasteiger partial charge in [-0.05, 0) is 18.2 Å². The number of hydrogen-bond acceptors (Lipinski definition) is 3. The van der Waals surface area contributed by atoms with Crippen molar-refractivity contribution in [2.24, 2.45) is 0 Å². The normalized spacial score (nSPS) is 10.5. The van der Waals surface area contributed by atoms with Crippen molar-refractivity contribution in [3.63, 3.8) is 0 Å². The number of rotatable bonds is 2. The third-order valence-corrected chi connectivity index (χ3v) is 1.86. The van der Waals surface area contributed by atoms with Gasteiger partial charge in [0.2, 0.25) is 0 Å². The van der Waals surface area contributed by atoms with E-state index in [2.05, 4.69) is 16.3 Å². The summed E-state index contributed by atoms with van der Waals surface area (Å²) >= 11 is 4.26. The van der Waals surface area contributed by atoms with Crippen LogP contribution in [-0.2, 0) is 11.8 Å². The first-order valence-corrected chi connectivity index (χ1v) is 5.89. The molecule has 0 amide bonds. The SMILES string of the molecule is N#Cc1cccc(OP(O)(O)=S)c1. The summed E-state index contributed by atoms with van der Waals surface area (Å²) < 4.78 is 4.63. The minimum atomic E-state index is -3.69. The monoisotopic (exact) mass is 215 g/mol. The first kappa shape index (κ1) is 10.2. The van der Waals surface area contributed by atoms with E-state index in [1.807, 2.05) is 6.07 Å². The van der Waals surface area contributed by atoms with E-state index in [1.54, 1.807) is 12.1 Å². The molecule has 0 atom stereocenters. The molecule has 13 heavy (non-hydrogen) atoms. The molecule has 2 N–H and O–H groups in total. The molecule has 0 bridgehead atoms. The summed E-state index contributed by atoms with van der Waals surface area (Å²) in [6.07, 6.45) is 0. The zero-order valence-electron chi connectivity index (χ0n) is 6.41. The van der Waals surface area contributed by atoms with E-state index in [9.17, 15) is 0 Å². The van der Waals surface area contributed by atoms with Crippen LogP contribution in [0.25, 0.3) is 0 Å². The van der Waals surface area contributed by atoms with Crippen LogP contribution < -0.4 is 4.52 Å². The minimum Gasteiger partial charge on any atom is -0.424 e. The fourth-order valence-electron chi connectivity index (χ4n) is 0.760. The summed E-state index contributed by atoms with van der Waals surface area (Å²) in [5, 5.41) is 8.51. The Labute approximate surface area is 80.3 Å². The first-order valence-electron chi connectivity index (χ1n) is 3.26. The number of nitriles is 1. The highest BCUT2D eigenvalue weighted by Gasteiger charge is 2.09. The molecule has 4 nitrogen and oxygen atoms in total. The molecule has 0 saturated heterocycles. The van der Waals surface area contributed by atoms with Crippen LogP contribution in [0.5, 0.6) is 5.75 Å². The summed E-state index contributed by atoms with van der Waals surface area (Å²) in [5.74, 6) is 0.187. The van der Waals surface area contributed by atoms with Gasteiger partial charge in [0.15, 0.2) is 0 Å². The van der Waals surface area contributed by atoms with Crippen molar-refractivity contribution in [3.05, 3.63) is 29.8 Å². The smallest absolute Gasteiger partial charge is 0.375 e. The van der Waals surface area contributed by atoms with E-state index >= 15 is 0 Å². The van der Waals surface area contributed by atoms with Gasteiger partial charge in [-0.25, -0.2) is 0 Å². The summed E-state index contributed by atoms with van der Waals surface area (Å²) in [7, 11) is 0. The molecule has 0 heterocycles. The van der Waals surface area contributed by atoms with Gasteiger partial charge in [0.1, 0.15) is 5.75 Å². The molecule has 0 radical (unpaired) electrons. The van der Waals surface area contributed by atoms with Crippen molar-refractivity contribution in [1.82, 2.24) is 0 Å². The summed E-state index contributed by atoms with van der Waals surface area (Å²) in [4.78, 5) is 17.6. The Hall–Kier alpha value is -0.920. The van der Waals surface area contributed by atoms with Crippen LogP contribution in [0.2, 0.25) is 0 Å². The van der Waals surface area contributed by atoms with Crippen LogP contribution in [0.4, 0.5) is 0 Å². The van der Waals surface area contributed by atoms with Crippen molar-refractivity contribution in [2.45, 2.75) is 0 Å². The van der Waals surface area contributed by atoms with Crippen LogP contribution in [0, 0.1) is 11.3 Å². The Morgan fingerprint density at radius 1 is 1.46 bits per heavy atom. The van der Waals surface area contributed by atoms with E-state index < -0.39 is 6.72 Å². The quantitative estimate of drug-likeness (QED) is 0.724. The molecule has 0 aliphatic heterocycles. The summed E-state index contributed by atoms with van der Waals surface area (Å²) in [5.41, 5.74) is 0.376. The van der Waals surface area contributed by atoms with Crippen LogP contribution in [0.3, 0.4) is 0 Å². The maximum Gasteiger partial charge on any atom is 0.375 e. The highest BCUT2D eigenvalue weighted by atomic mass is 32.5. The van der Waals surface area contributed by atoms with E-state index in [0.29, 0.717) is 5.56 Å². The Morgan fingerprint density at radius 3 is 2.69 bits per heavy atom. The van der Waals surface area contributed by atoms with E-state index in [-0.39, 0.29) is 5.75 Å². The van der Waals surface area contributed by atoms with Gasteiger partial charge in [0.25, 0.3) is 0 Å². The molecule has 0 aliphatic rings. The lowest BCUT2D eigenvalue weighted by atomic mass is 10.2. The molecular weight excluding hydrogens is 209 g/mol. The van der Waals surface area contributed by atoms with Gasteiger partial charge in [0, 0.05) is 11.8 Å². The molecule has 1 aromatic carbocycles. The molecule has 0 spiro atoms. The van der Waals surface area contributed by atoms with Crippen molar-refractivity contribution in [1.29, 1.82) is 5.26 Å². The predicted octanol–water partition coefficient (Wildman–Crippen LogP) is 1.15. The second-order valence-corrected chi connectivity index (χ2v) is 4.81. The summed E-state index contributed by atoms with van der Waals surface area (Å²) in [6, 6.07) is 7.91. The Kier molecular flexibility index (Phi) is 3.02. The average molecular weight is 215 g/mol. The van der Waals surface area contributed by atoms with E-state index in [1.165, 1.54) is 12.1 Å². The second-order valence-electron chi connectivity index (χ2n) is 2.22. The number of hydrogen-bond donors (Lipinski definition) is 2. The van der Waals surface area contributed by atoms with Crippen LogP contribution in [0.15, 0.2) is 24.3 Å². The molecule has 0 saturated carbocycles. The van der Waals surface area contributed by atoms with Gasteiger partial charge < -0.3 is 14.3 Å². The van der Waals surface area contributed by atoms with Crippen LogP contribution >= 0.6 is 6.72 Å². The maximum absolute atomic E-state index is 8.81. The van der Waals surface area contributed by atoms with E-state index in [0.717, 1.165) is 0 Å². The summed E-state index contributed by atoms with van der Waals surface area (Å²) in [6.45, 7) is -3.69. The fourth-order valence-corrected chi connectivity index (χ4v) is 1.41. The van der Waals surface area contributed by atoms with Gasteiger partial charge in [-0.3, -0.25) is 0 Å². The molecule has 68 valence electrons. The number of benzene rings is 1. The maximum atomic E-state index is 8.81. The van der Waals surface area contributed by atoms with Crippen LogP contribution in [0.1, 0.15) is 5.56 Å². The minimum absolute atomic E-state index is 0.187. The van der Waals surface area contributed by atoms with Crippen molar-refractivity contribution >= 4 is 18.5 Å². The fraction of sp³-hybridized carbons (Fsp3) is 0. The molecular formula is C7H6NO3PS. The third kappa shape index (κ3) is 3.53. The van der Waals surface area contributed by atoms with Gasteiger partial charge in [-0.1, -0.05) is 6.07 Å². The lowest BCUT2D eigenvalue weighted by Gasteiger charge is -2.09. The molecule has 0 aromatic heterocycles. The highest BCUT2D eigenvalue weighted by Crippen LogP contribution is 2.37.